The van der Waals surface area contributed by atoms with E-state index in [1.807, 2.05) is 53.1 Å². The second kappa shape index (κ2) is 10.5. The Morgan fingerprint density at radius 3 is 2.57 bits per heavy atom. The molecular weight excluding hydrogens is 471 g/mol. The number of rotatable bonds is 7. The summed E-state index contributed by atoms with van der Waals surface area (Å²) in [6, 6.07) is 15.5. The Labute approximate surface area is 180 Å². The summed E-state index contributed by atoms with van der Waals surface area (Å²) in [5.74, 6) is 2.40. The molecule has 0 aliphatic heterocycles. The van der Waals surface area contributed by atoms with Crippen LogP contribution in [0, 0.1) is 0 Å². The minimum Gasteiger partial charge on any atom is -0.493 e. The predicted molar refractivity (Wildman–Crippen MR) is 118 cm³/mol. The van der Waals surface area contributed by atoms with Crippen molar-refractivity contribution in [3.8, 4) is 17.2 Å². The molecule has 0 aliphatic carbocycles. The number of hydrogen-bond acceptors (Lipinski definition) is 5. The van der Waals surface area contributed by atoms with Crippen molar-refractivity contribution in [2.24, 2.45) is 10.7 Å². The van der Waals surface area contributed by atoms with Gasteiger partial charge in [-0.25, -0.2) is 4.99 Å². The average molecular weight is 494 g/mol. The molecule has 0 bridgehead atoms. The molecule has 0 amide bonds. The zero-order chi connectivity index (χ0) is 19.1. The maximum atomic E-state index is 5.98. The Morgan fingerprint density at radius 2 is 1.86 bits per heavy atom. The van der Waals surface area contributed by atoms with Crippen LogP contribution in [0.3, 0.4) is 0 Å². The molecule has 2 aromatic carbocycles. The van der Waals surface area contributed by atoms with Gasteiger partial charge in [0.25, 0.3) is 0 Å². The first-order chi connectivity index (χ1) is 13.2. The molecule has 148 valence electrons. The molecule has 0 atom stereocenters. The number of ether oxygens (including phenoxy) is 2. The maximum Gasteiger partial charge on any atom is 0.189 e. The number of nitrogens with one attached hydrogen (secondary N) is 1. The number of nitrogens with two attached hydrogens (primary N) is 1. The summed E-state index contributed by atoms with van der Waals surface area (Å²) in [6.45, 7) is 0.834. The number of aromatic nitrogens is 3. The minimum atomic E-state index is 0. The highest BCUT2D eigenvalue weighted by Gasteiger charge is 2.07. The first-order valence-corrected chi connectivity index (χ1v) is 8.40. The Bertz CT molecular complexity index is 914. The summed E-state index contributed by atoms with van der Waals surface area (Å²) >= 11 is 0. The summed E-state index contributed by atoms with van der Waals surface area (Å²) in [4.78, 5) is 4.36. The van der Waals surface area contributed by atoms with E-state index in [2.05, 4.69) is 20.5 Å². The maximum absolute atomic E-state index is 5.98. The Kier molecular flexibility index (Phi) is 8.05. The lowest BCUT2D eigenvalue weighted by Crippen LogP contribution is -2.32. The summed E-state index contributed by atoms with van der Waals surface area (Å²) < 4.78 is 12.4. The third-order valence-corrected chi connectivity index (χ3v) is 3.96. The number of hydrogen-bond donors (Lipinski definition) is 2. The molecule has 3 rings (SSSR count). The second-order valence-electron chi connectivity index (χ2n) is 5.70. The molecule has 0 saturated heterocycles. The van der Waals surface area contributed by atoms with Gasteiger partial charge in [-0.05, 0) is 29.8 Å². The zero-order valence-electron chi connectivity index (χ0n) is 15.7. The number of para-hydroxylation sites is 1. The van der Waals surface area contributed by atoms with Crippen LogP contribution < -0.4 is 20.5 Å². The third kappa shape index (κ3) is 5.35. The van der Waals surface area contributed by atoms with Crippen LogP contribution in [-0.4, -0.2) is 34.9 Å². The van der Waals surface area contributed by atoms with E-state index in [1.165, 1.54) is 0 Å². The van der Waals surface area contributed by atoms with Gasteiger partial charge in [0.2, 0.25) is 0 Å². The first-order valence-electron chi connectivity index (χ1n) is 8.40. The smallest absolute Gasteiger partial charge is 0.189 e. The number of guanidine groups is 1. The van der Waals surface area contributed by atoms with Crippen LogP contribution in [0.25, 0.3) is 5.69 Å². The van der Waals surface area contributed by atoms with Crippen LogP contribution in [0.2, 0.25) is 0 Å². The quantitative estimate of drug-likeness (QED) is 0.298. The lowest BCUT2D eigenvalue weighted by molar-refractivity contribution is 0.354. The van der Waals surface area contributed by atoms with Gasteiger partial charge in [0, 0.05) is 5.69 Å². The molecule has 1 heterocycles. The zero-order valence-corrected chi connectivity index (χ0v) is 18.0. The summed E-state index contributed by atoms with van der Waals surface area (Å²) in [7, 11) is 3.20. The molecule has 28 heavy (non-hydrogen) atoms. The van der Waals surface area contributed by atoms with Crippen molar-refractivity contribution in [3.05, 3.63) is 66.2 Å². The normalized spacial score (nSPS) is 10.9. The molecule has 0 radical (unpaired) electrons. The van der Waals surface area contributed by atoms with Gasteiger partial charge in [0.15, 0.2) is 23.3 Å². The van der Waals surface area contributed by atoms with Gasteiger partial charge >= 0.3 is 0 Å². The standard InChI is InChI=1S/C19H22N6O2.HI/c1-26-16-9-8-14(10-17(16)27-2)11-21-19(20)22-12-18-24-23-13-25(18)15-6-4-3-5-7-15;/h3-10,13H,11-12H2,1-2H3,(H3,20,21,22);1H. The van der Waals surface area contributed by atoms with Crippen LogP contribution in [0.4, 0.5) is 0 Å². The fraction of sp³-hybridized carbons (Fsp3) is 0.211. The van der Waals surface area contributed by atoms with E-state index in [1.54, 1.807) is 20.5 Å². The molecular formula is C19H23IN6O2. The van der Waals surface area contributed by atoms with E-state index < -0.39 is 0 Å². The Balaban J connectivity index is 0.00000280. The largest absolute Gasteiger partial charge is 0.493 e. The lowest BCUT2D eigenvalue weighted by atomic mass is 10.2. The van der Waals surface area contributed by atoms with Crippen molar-refractivity contribution in [1.82, 2.24) is 20.1 Å². The van der Waals surface area contributed by atoms with Gasteiger partial charge in [0.1, 0.15) is 6.33 Å². The first kappa shape index (κ1) is 21.5. The summed E-state index contributed by atoms with van der Waals surface area (Å²) in [5.41, 5.74) is 7.93. The molecule has 0 fully saturated rings. The topological polar surface area (TPSA) is 99.6 Å². The van der Waals surface area contributed by atoms with Crippen molar-refractivity contribution in [3.63, 3.8) is 0 Å². The molecule has 0 unspecified atom stereocenters. The van der Waals surface area contributed by atoms with Crippen LogP contribution >= 0.6 is 24.0 Å². The predicted octanol–water partition coefficient (Wildman–Crippen LogP) is 2.51. The van der Waals surface area contributed by atoms with Crippen LogP contribution in [0.5, 0.6) is 11.5 Å². The summed E-state index contributed by atoms with van der Waals surface area (Å²) in [6.07, 6.45) is 1.67. The van der Waals surface area contributed by atoms with Crippen molar-refractivity contribution in [2.75, 3.05) is 14.2 Å². The SMILES string of the molecule is COc1ccc(CN=C(N)NCc2nncn2-c2ccccc2)cc1OC.I. The van der Waals surface area contributed by atoms with Gasteiger partial charge < -0.3 is 20.5 Å². The monoisotopic (exact) mass is 494 g/mol. The Hall–Kier alpha value is -2.82. The fourth-order valence-electron chi connectivity index (χ4n) is 2.56. The highest BCUT2D eigenvalue weighted by atomic mass is 127. The Morgan fingerprint density at radius 1 is 1.11 bits per heavy atom. The van der Waals surface area contributed by atoms with Crippen LogP contribution in [0.1, 0.15) is 11.4 Å². The van der Waals surface area contributed by atoms with Gasteiger partial charge in [-0.1, -0.05) is 24.3 Å². The van der Waals surface area contributed by atoms with Crippen LogP contribution in [-0.2, 0) is 13.1 Å². The molecule has 0 spiro atoms. The van der Waals surface area contributed by atoms with Crippen molar-refractivity contribution in [1.29, 1.82) is 0 Å². The van der Waals surface area contributed by atoms with Crippen molar-refractivity contribution in [2.45, 2.75) is 13.1 Å². The van der Waals surface area contributed by atoms with Crippen molar-refractivity contribution >= 4 is 29.9 Å². The molecule has 0 aliphatic rings. The van der Waals surface area contributed by atoms with Crippen molar-refractivity contribution < 1.29 is 9.47 Å². The molecule has 1 aromatic heterocycles. The lowest BCUT2D eigenvalue weighted by Gasteiger charge is -2.09. The van der Waals surface area contributed by atoms with Crippen LogP contribution in [0.15, 0.2) is 59.9 Å². The second-order valence-corrected chi connectivity index (χ2v) is 5.70. The van der Waals surface area contributed by atoms with E-state index in [0.29, 0.717) is 30.5 Å². The number of halogens is 1. The summed E-state index contributed by atoms with van der Waals surface area (Å²) in [5, 5.41) is 11.2. The van der Waals surface area contributed by atoms with Gasteiger partial charge in [-0.2, -0.15) is 0 Å². The molecule has 3 aromatic rings. The van der Waals surface area contributed by atoms with E-state index in [9.17, 15) is 0 Å². The van der Waals surface area contributed by atoms with E-state index >= 15 is 0 Å². The minimum absolute atomic E-state index is 0. The molecule has 3 N–H and O–H groups in total. The molecule has 9 heteroatoms. The van der Waals surface area contributed by atoms with E-state index in [-0.39, 0.29) is 24.0 Å². The number of aliphatic imine (C=N–C) groups is 1. The van der Waals surface area contributed by atoms with Gasteiger partial charge in [-0.3, -0.25) is 4.57 Å². The van der Waals surface area contributed by atoms with E-state index in [4.69, 9.17) is 15.2 Å². The molecule has 0 saturated carbocycles. The van der Waals surface area contributed by atoms with Gasteiger partial charge in [0.05, 0.1) is 27.3 Å². The number of methoxy groups -OCH3 is 2. The van der Waals surface area contributed by atoms with Gasteiger partial charge in [-0.15, -0.1) is 34.2 Å². The van der Waals surface area contributed by atoms with E-state index in [0.717, 1.165) is 17.1 Å². The third-order valence-electron chi connectivity index (χ3n) is 3.96. The highest BCUT2D eigenvalue weighted by molar-refractivity contribution is 14.0. The fourth-order valence-corrected chi connectivity index (χ4v) is 2.56. The highest BCUT2D eigenvalue weighted by Crippen LogP contribution is 2.27. The number of benzene rings is 2. The number of nitrogens with zero attached hydrogens (tertiary/aromatic N) is 4. The average Bonchev–Trinajstić information content (AvgIpc) is 3.19. The molecule has 8 nitrogen and oxygen atoms in total.